The highest BCUT2D eigenvalue weighted by atomic mass is 16.3. The Morgan fingerprint density at radius 2 is 1.95 bits per heavy atom. The number of rotatable bonds is 1. The Morgan fingerprint density at radius 1 is 1.21 bits per heavy atom. The van der Waals surface area contributed by atoms with Crippen LogP contribution in [0.2, 0.25) is 0 Å². The second-order valence-electron chi connectivity index (χ2n) is 6.27. The quantitative estimate of drug-likeness (QED) is 0.755. The van der Waals surface area contributed by atoms with Crippen LogP contribution >= 0.6 is 0 Å². The summed E-state index contributed by atoms with van der Waals surface area (Å²) in [4.78, 5) is 2.55. The topological polar surface area (TPSA) is 35.5 Å². The van der Waals surface area contributed by atoms with Crippen LogP contribution in [0, 0.1) is 0 Å². The Balaban J connectivity index is 2.07. The van der Waals surface area contributed by atoms with Gasteiger partial charge in [0.25, 0.3) is 0 Å². The molecule has 2 N–H and O–H groups in total. The minimum atomic E-state index is 0.243. The molecule has 1 aromatic rings. The Kier molecular flexibility index (Phi) is 3.08. The minimum Gasteiger partial charge on any atom is -0.506 e. The maximum atomic E-state index is 10.1. The summed E-state index contributed by atoms with van der Waals surface area (Å²) >= 11 is 0. The second-order valence-corrected chi connectivity index (χ2v) is 6.27. The number of fused-ring (bicyclic) bond motifs is 1. The standard InChI is InChI=1S/C16H24N2O/c1-12(2)18-13-7-6-8-14(19)15(13)17-11-16(18)9-4-3-5-10-16/h6-8,12,17,19H,3-5,9-11H2,1-2H3. The van der Waals surface area contributed by atoms with Crippen molar-refractivity contribution in [3.05, 3.63) is 18.2 Å². The summed E-state index contributed by atoms with van der Waals surface area (Å²) in [5.74, 6) is 0.369. The van der Waals surface area contributed by atoms with Gasteiger partial charge in [0.1, 0.15) is 11.4 Å². The van der Waals surface area contributed by atoms with Gasteiger partial charge in [-0.2, -0.15) is 0 Å². The van der Waals surface area contributed by atoms with Gasteiger partial charge < -0.3 is 15.3 Å². The lowest BCUT2D eigenvalue weighted by atomic mass is 9.77. The number of phenols is 1. The predicted octanol–water partition coefficient (Wildman–Crippen LogP) is 3.74. The zero-order valence-electron chi connectivity index (χ0n) is 11.9. The normalized spacial score (nSPS) is 21.3. The number of nitrogens with one attached hydrogen (secondary N) is 1. The molecule has 1 aromatic carbocycles. The van der Waals surface area contributed by atoms with E-state index in [1.807, 2.05) is 6.07 Å². The van der Waals surface area contributed by atoms with Crippen LogP contribution in [0.4, 0.5) is 11.4 Å². The molecular weight excluding hydrogens is 236 g/mol. The third kappa shape index (κ3) is 1.96. The van der Waals surface area contributed by atoms with Gasteiger partial charge in [-0.1, -0.05) is 25.3 Å². The molecule has 19 heavy (non-hydrogen) atoms. The van der Waals surface area contributed by atoms with Crippen molar-refractivity contribution in [2.45, 2.75) is 57.5 Å². The molecule has 3 nitrogen and oxygen atoms in total. The molecule has 0 aromatic heterocycles. The SMILES string of the molecule is CC(C)N1c2cccc(O)c2NCC12CCCCC2. The van der Waals surface area contributed by atoms with E-state index in [0.29, 0.717) is 11.8 Å². The Morgan fingerprint density at radius 3 is 2.63 bits per heavy atom. The average Bonchev–Trinajstić information content (AvgIpc) is 2.39. The van der Waals surface area contributed by atoms with Crippen molar-refractivity contribution in [2.75, 3.05) is 16.8 Å². The van der Waals surface area contributed by atoms with Crippen molar-refractivity contribution in [2.24, 2.45) is 0 Å². The fourth-order valence-corrected chi connectivity index (χ4v) is 3.96. The molecule has 3 rings (SSSR count). The summed E-state index contributed by atoms with van der Waals surface area (Å²) in [6.07, 6.45) is 6.51. The third-order valence-electron chi connectivity index (χ3n) is 4.69. The van der Waals surface area contributed by atoms with Gasteiger partial charge in [-0.25, -0.2) is 0 Å². The van der Waals surface area contributed by atoms with E-state index in [1.54, 1.807) is 6.07 Å². The fourth-order valence-electron chi connectivity index (χ4n) is 3.96. The Labute approximate surface area is 115 Å². The molecule has 0 saturated heterocycles. The summed E-state index contributed by atoms with van der Waals surface area (Å²) in [6, 6.07) is 6.31. The molecular formula is C16H24N2O. The first-order valence-electron chi connectivity index (χ1n) is 7.49. The van der Waals surface area contributed by atoms with E-state index in [4.69, 9.17) is 0 Å². The van der Waals surface area contributed by atoms with Crippen LogP contribution in [-0.2, 0) is 0 Å². The lowest BCUT2D eigenvalue weighted by molar-refractivity contribution is 0.269. The summed E-state index contributed by atoms with van der Waals surface area (Å²) in [7, 11) is 0. The number of hydrogen-bond donors (Lipinski definition) is 2. The van der Waals surface area contributed by atoms with E-state index in [9.17, 15) is 5.11 Å². The molecule has 1 saturated carbocycles. The van der Waals surface area contributed by atoms with Crippen molar-refractivity contribution >= 4 is 11.4 Å². The monoisotopic (exact) mass is 260 g/mol. The fraction of sp³-hybridized carbons (Fsp3) is 0.625. The maximum Gasteiger partial charge on any atom is 0.140 e. The first-order chi connectivity index (χ1) is 9.14. The summed E-state index contributed by atoms with van der Waals surface area (Å²) in [5, 5.41) is 13.5. The van der Waals surface area contributed by atoms with Gasteiger partial charge in [-0.3, -0.25) is 0 Å². The molecule has 1 spiro atoms. The van der Waals surface area contributed by atoms with E-state index in [0.717, 1.165) is 12.2 Å². The van der Waals surface area contributed by atoms with Crippen LogP contribution in [-0.4, -0.2) is 23.2 Å². The zero-order chi connectivity index (χ0) is 13.5. The predicted molar refractivity (Wildman–Crippen MR) is 80.0 cm³/mol. The summed E-state index contributed by atoms with van der Waals surface area (Å²) in [6.45, 7) is 5.47. The molecule has 2 aliphatic rings. The first kappa shape index (κ1) is 12.6. The molecule has 1 heterocycles. The number of nitrogens with zero attached hydrogens (tertiary/aromatic N) is 1. The highest BCUT2D eigenvalue weighted by Gasteiger charge is 2.43. The van der Waals surface area contributed by atoms with Crippen LogP contribution < -0.4 is 10.2 Å². The summed E-state index contributed by atoms with van der Waals surface area (Å²) in [5.41, 5.74) is 2.32. The van der Waals surface area contributed by atoms with Crippen LogP contribution in [0.15, 0.2) is 18.2 Å². The van der Waals surface area contributed by atoms with Crippen LogP contribution in [0.25, 0.3) is 0 Å². The average molecular weight is 260 g/mol. The second kappa shape index (κ2) is 4.62. The number of phenolic OH excluding ortho intramolecular Hbond substituents is 1. The van der Waals surface area contributed by atoms with Crippen LogP contribution in [0.1, 0.15) is 46.0 Å². The lowest BCUT2D eigenvalue weighted by Crippen LogP contribution is -2.59. The number of hydrogen-bond acceptors (Lipinski definition) is 3. The summed E-state index contributed by atoms with van der Waals surface area (Å²) < 4.78 is 0. The number of anilines is 2. The van der Waals surface area contributed by atoms with Crippen molar-refractivity contribution in [1.29, 1.82) is 0 Å². The maximum absolute atomic E-state index is 10.1. The molecule has 1 fully saturated rings. The van der Waals surface area contributed by atoms with E-state index in [1.165, 1.54) is 37.8 Å². The van der Waals surface area contributed by atoms with E-state index in [-0.39, 0.29) is 5.54 Å². The molecule has 0 atom stereocenters. The van der Waals surface area contributed by atoms with Gasteiger partial charge in [0.05, 0.1) is 11.2 Å². The highest BCUT2D eigenvalue weighted by Crippen LogP contribution is 2.47. The Hall–Kier alpha value is -1.38. The van der Waals surface area contributed by atoms with Gasteiger partial charge in [0, 0.05) is 12.6 Å². The van der Waals surface area contributed by atoms with Gasteiger partial charge in [-0.05, 0) is 38.8 Å². The molecule has 0 radical (unpaired) electrons. The van der Waals surface area contributed by atoms with Crippen molar-refractivity contribution in [3.63, 3.8) is 0 Å². The Bertz CT molecular complexity index is 464. The number of aromatic hydroxyl groups is 1. The van der Waals surface area contributed by atoms with Crippen molar-refractivity contribution in [1.82, 2.24) is 0 Å². The molecule has 1 aliphatic heterocycles. The van der Waals surface area contributed by atoms with E-state index >= 15 is 0 Å². The zero-order valence-corrected chi connectivity index (χ0v) is 11.9. The smallest absolute Gasteiger partial charge is 0.140 e. The van der Waals surface area contributed by atoms with Crippen LogP contribution in [0.5, 0.6) is 5.75 Å². The first-order valence-corrected chi connectivity index (χ1v) is 7.49. The van der Waals surface area contributed by atoms with Crippen molar-refractivity contribution in [3.8, 4) is 5.75 Å². The van der Waals surface area contributed by atoms with Crippen molar-refractivity contribution < 1.29 is 5.11 Å². The molecule has 3 heteroatoms. The molecule has 0 amide bonds. The third-order valence-corrected chi connectivity index (χ3v) is 4.69. The van der Waals surface area contributed by atoms with Gasteiger partial charge in [0.15, 0.2) is 0 Å². The molecule has 0 unspecified atom stereocenters. The van der Waals surface area contributed by atoms with Gasteiger partial charge >= 0.3 is 0 Å². The highest BCUT2D eigenvalue weighted by molar-refractivity contribution is 5.79. The van der Waals surface area contributed by atoms with Gasteiger partial charge in [-0.15, -0.1) is 0 Å². The minimum absolute atomic E-state index is 0.243. The lowest BCUT2D eigenvalue weighted by Gasteiger charge is -2.53. The van der Waals surface area contributed by atoms with E-state index in [2.05, 4.69) is 30.1 Å². The largest absolute Gasteiger partial charge is 0.506 e. The molecule has 0 bridgehead atoms. The molecule has 1 aliphatic carbocycles. The number of para-hydroxylation sites is 1. The van der Waals surface area contributed by atoms with Gasteiger partial charge in [0.2, 0.25) is 0 Å². The molecule has 104 valence electrons. The van der Waals surface area contributed by atoms with Crippen LogP contribution in [0.3, 0.4) is 0 Å². The van der Waals surface area contributed by atoms with E-state index < -0.39 is 0 Å². The number of benzene rings is 1.